The molecule has 1 aliphatic rings. The van der Waals surface area contributed by atoms with Gasteiger partial charge in [0.2, 0.25) is 0 Å². The van der Waals surface area contributed by atoms with Crippen molar-refractivity contribution in [3.63, 3.8) is 0 Å². The molecular formula is C12H16ClN. The van der Waals surface area contributed by atoms with Gasteiger partial charge in [-0.1, -0.05) is 30.7 Å². The van der Waals surface area contributed by atoms with Crippen LogP contribution in [0.2, 0.25) is 5.02 Å². The summed E-state index contributed by atoms with van der Waals surface area (Å²) >= 11 is 5.91. The van der Waals surface area contributed by atoms with Crippen LogP contribution in [-0.4, -0.2) is 6.04 Å². The molecule has 1 saturated carbocycles. The van der Waals surface area contributed by atoms with Gasteiger partial charge in [-0.3, -0.25) is 0 Å². The van der Waals surface area contributed by atoms with Crippen LogP contribution in [0.3, 0.4) is 0 Å². The van der Waals surface area contributed by atoms with E-state index in [1.807, 2.05) is 18.2 Å². The van der Waals surface area contributed by atoms with Gasteiger partial charge in [-0.15, -0.1) is 0 Å². The second kappa shape index (κ2) is 3.92. The molecule has 0 aromatic heterocycles. The molecule has 3 atom stereocenters. The van der Waals surface area contributed by atoms with E-state index < -0.39 is 0 Å². The summed E-state index contributed by atoms with van der Waals surface area (Å²) in [6.07, 6.45) is 2.25. The Hall–Kier alpha value is -0.530. The first-order valence-electron chi connectivity index (χ1n) is 5.17. The summed E-state index contributed by atoms with van der Waals surface area (Å²) in [5.74, 6) is 1.55. The van der Waals surface area contributed by atoms with Crippen molar-refractivity contribution in [3.8, 4) is 0 Å². The fourth-order valence-electron chi connectivity index (χ4n) is 2.03. The van der Waals surface area contributed by atoms with Gasteiger partial charge < -0.3 is 5.73 Å². The van der Waals surface area contributed by atoms with Gasteiger partial charge in [0, 0.05) is 11.1 Å². The van der Waals surface area contributed by atoms with E-state index in [0.717, 1.165) is 23.3 Å². The first-order valence-corrected chi connectivity index (χ1v) is 5.54. The lowest BCUT2D eigenvalue weighted by molar-refractivity contribution is 0.560. The Morgan fingerprint density at radius 2 is 2.29 bits per heavy atom. The Kier molecular flexibility index (Phi) is 2.80. The van der Waals surface area contributed by atoms with Gasteiger partial charge >= 0.3 is 0 Å². The highest BCUT2D eigenvalue weighted by atomic mass is 35.5. The second-order valence-electron chi connectivity index (χ2n) is 4.37. The predicted molar refractivity (Wildman–Crippen MR) is 60.4 cm³/mol. The van der Waals surface area contributed by atoms with Crippen molar-refractivity contribution in [1.29, 1.82) is 0 Å². The highest BCUT2D eigenvalue weighted by Crippen LogP contribution is 2.40. The maximum Gasteiger partial charge on any atom is 0.0408 e. The van der Waals surface area contributed by atoms with E-state index in [9.17, 15) is 0 Å². The van der Waals surface area contributed by atoms with Crippen molar-refractivity contribution in [2.24, 2.45) is 17.6 Å². The van der Waals surface area contributed by atoms with E-state index in [-0.39, 0.29) is 0 Å². The minimum atomic E-state index is 0.309. The Bertz CT molecular complexity index is 324. The average Bonchev–Trinajstić information content (AvgIpc) is 2.82. The summed E-state index contributed by atoms with van der Waals surface area (Å²) in [7, 11) is 0. The first kappa shape index (κ1) is 10.0. The standard InChI is InChI=1S/C12H16ClN/c1-8-5-11(8)12(14)7-9-3-2-4-10(13)6-9/h2-4,6,8,11-12H,5,7,14H2,1H3. The van der Waals surface area contributed by atoms with Gasteiger partial charge in [-0.2, -0.15) is 0 Å². The molecule has 1 nitrogen and oxygen atoms in total. The molecule has 0 aliphatic heterocycles. The number of hydrogen-bond donors (Lipinski definition) is 1. The fourth-order valence-corrected chi connectivity index (χ4v) is 2.25. The molecule has 2 rings (SSSR count). The SMILES string of the molecule is CC1CC1C(N)Cc1cccc(Cl)c1. The zero-order valence-corrected chi connectivity index (χ0v) is 9.17. The molecule has 0 bridgehead atoms. The summed E-state index contributed by atoms with van der Waals surface area (Å²) in [5, 5.41) is 0.804. The molecule has 0 spiro atoms. The number of rotatable bonds is 3. The molecule has 1 aromatic carbocycles. The lowest BCUT2D eigenvalue weighted by Crippen LogP contribution is -2.25. The Balaban J connectivity index is 1.96. The molecule has 1 aromatic rings. The Morgan fingerprint density at radius 3 is 2.86 bits per heavy atom. The molecule has 2 heteroatoms. The molecule has 76 valence electrons. The van der Waals surface area contributed by atoms with E-state index in [1.165, 1.54) is 12.0 Å². The van der Waals surface area contributed by atoms with Crippen LogP contribution in [0.5, 0.6) is 0 Å². The third-order valence-electron chi connectivity index (χ3n) is 3.08. The summed E-state index contributed by atoms with van der Waals surface area (Å²) in [6.45, 7) is 2.27. The zero-order chi connectivity index (χ0) is 10.1. The first-order chi connectivity index (χ1) is 6.66. The van der Waals surface area contributed by atoms with Crippen LogP contribution < -0.4 is 5.73 Å². The van der Waals surface area contributed by atoms with Gasteiger partial charge in [0.15, 0.2) is 0 Å². The van der Waals surface area contributed by atoms with E-state index in [0.29, 0.717) is 6.04 Å². The van der Waals surface area contributed by atoms with E-state index in [2.05, 4.69) is 13.0 Å². The van der Waals surface area contributed by atoms with Crippen molar-refractivity contribution in [2.45, 2.75) is 25.8 Å². The number of hydrogen-bond acceptors (Lipinski definition) is 1. The molecule has 3 unspecified atom stereocenters. The van der Waals surface area contributed by atoms with E-state index in [4.69, 9.17) is 17.3 Å². The van der Waals surface area contributed by atoms with Crippen LogP contribution in [0, 0.1) is 11.8 Å². The molecule has 0 amide bonds. The van der Waals surface area contributed by atoms with Crippen LogP contribution in [0.25, 0.3) is 0 Å². The maximum absolute atomic E-state index is 6.11. The summed E-state index contributed by atoms with van der Waals surface area (Å²) in [4.78, 5) is 0. The molecule has 14 heavy (non-hydrogen) atoms. The van der Waals surface area contributed by atoms with Crippen molar-refractivity contribution >= 4 is 11.6 Å². The predicted octanol–water partition coefficient (Wildman–Crippen LogP) is 2.87. The molecule has 0 saturated heterocycles. The summed E-state index contributed by atoms with van der Waals surface area (Å²) < 4.78 is 0. The van der Waals surface area contributed by atoms with E-state index >= 15 is 0 Å². The van der Waals surface area contributed by atoms with Crippen molar-refractivity contribution in [2.75, 3.05) is 0 Å². The highest BCUT2D eigenvalue weighted by Gasteiger charge is 2.37. The van der Waals surface area contributed by atoms with Gasteiger partial charge in [0.05, 0.1) is 0 Å². The average molecular weight is 210 g/mol. The largest absolute Gasteiger partial charge is 0.327 e. The summed E-state index contributed by atoms with van der Waals surface area (Å²) in [5.41, 5.74) is 7.36. The second-order valence-corrected chi connectivity index (χ2v) is 4.81. The van der Waals surface area contributed by atoms with Crippen LogP contribution in [0.4, 0.5) is 0 Å². The molecule has 0 radical (unpaired) electrons. The highest BCUT2D eigenvalue weighted by molar-refractivity contribution is 6.30. The van der Waals surface area contributed by atoms with Crippen LogP contribution >= 0.6 is 11.6 Å². The van der Waals surface area contributed by atoms with Gasteiger partial charge in [0.25, 0.3) is 0 Å². The van der Waals surface area contributed by atoms with Crippen molar-refractivity contribution in [3.05, 3.63) is 34.9 Å². The quantitative estimate of drug-likeness (QED) is 0.814. The Morgan fingerprint density at radius 1 is 1.57 bits per heavy atom. The van der Waals surface area contributed by atoms with Crippen LogP contribution in [0.15, 0.2) is 24.3 Å². The normalized spacial score (nSPS) is 27.4. The number of nitrogens with two attached hydrogens (primary N) is 1. The lowest BCUT2D eigenvalue weighted by atomic mass is 10.0. The van der Waals surface area contributed by atoms with Gasteiger partial charge in [-0.05, 0) is 42.4 Å². The maximum atomic E-state index is 6.11. The lowest BCUT2D eigenvalue weighted by Gasteiger charge is -2.10. The third-order valence-corrected chi connectivity index (χ3v) is 3.32. The molecular weight excluding hydrogens is 194 g/mol. The van der Waals surface area contributed by atoms with Crippen LogP contribution in [0.1, 0.15) is 18.9 Å². The monoisotopic (exact) mass is 209 g/mol. The third kappa shape index (κ3) is 2.28. The van der Waals surface area contributed by atoms with E-state index in [1.54, 1.807) is 0 Å². The molecule has 1 fully saturated rings. The zero-order valence-electron chi connectivity index (χ0n) is 8.41. The fraction of sp³-hybridized carbons (Fsp3) is 0.500. The van der Waals surface area contributed by atoms with Crippen molar-refractivity contribution < 1.29 is 0 Å². The van der Waals surface area contributed by atoms with Gasteiger partial charge in [-0.25, -0.2) is 0 Å². The van der Waals surface area contributed by atoms with Crippen LogP contribution in [-0.2, 0) is 6.42 Å². The number of benzene rings is 1. The minimum Gasteiger partial charge on any atom is -0.327 e. The topological polar surface area (TPSA) is 26.0 Å². The summed E-state index contributed by atoms with van der Waals surface area (Å²) in [6, 6.07) is 8.30. The Labute approximate surface area is 90.3 Å². The van der Waals surface area contributed by atoms with Crippen molar-refractivity contribution in [1.82, 2.24) is 0 Å². The molecule has 0 heterocycles. The molecule has 2 N–H and O–H groups in total. The smallest absolute Gasteiger partial charge is 0.0408 e. The molecule has 1 aliphatic carbocycles. The van der Waals surface area contributed by atoms with Gasteiger partial charge in [0.1, 0.15) is 0 Å². The number of halogens is 1. The minimum absolute atomic E-state index is 0.309.